The average molecular weight is 241 g/mol. The third kappa shape index (κ3) is 2.51. The first-order valence-electron chi connectivity index (χ1n) is 4.63. The van der Waals surface area contributed by atoms with Gasteiger partial charge in [0.2, 0.25) is 0 Å². The van der Waals surface area contributed by atoms with Crippen LogP contribution in [0.25, 0.3) is 0 Å². The van der Waals surface area contributed by atoms with E-state index in [2.05, 4.69) is 20.9 Å². The van der Waals surface area contributed by atoms with Gasteiger partial charge in [-0.1, -0.05) is 28.8 Å². The lowest BCUT2D eigenvalue weighted by atomic mass is 10.1. The van der Waals surface area contributed by atoms with Crippen molar-refractivity contribution >= 4 is 15.9 Å². The molecule has 0 spiro atoms. The van der Waals surface area contributed by atoms with Crippen molar-refractivity contribution in [3.63, 3.8) is 0 Å². The predicted molar refractivity (Wildman–Crippen MR) is 56.2 cm³/mol. The number of hydrogen-bond acceptors (Lipinski definition) is 2. The van der Waals surface area contributed by atoms with Crippen molar-refractivity contribution in [1.82, 2.24) is 4.98 Å². The van der Waals surface area contributed by atoms with Crippen molar-refractivity contribution in [2.75, 3.05) is 0 Å². The van der Waals surface area contributed by atoms with Crippen LogP contribution in [-0.4, -0.2) is 4.98 Å². The number of hydrogen-bond donors (Lipinski definition) is 1. The smallest absolute Gasteiger partial charge is 0.0582 e. The van der Waals surface area contributed by atoms with Gasteiger partial charge in [0.1, 0.15) is 0 Å². The molecule has 0 aliphatic heterocycles. The highest BCUT2D eigenvalue weighted by molar-refractivity contribution is 9.10. The van der Waals surface area contributed by atoms with Gasteiger partial charge in [-0.05, 0) is 24.5 Å². The highest BCUT2D eigenvalue weighted by atomic mass is 79.9. The largest absolute Gasteiger partial charge is 0.323 e. The third-order valence-electron chi connectivity index (χ3n) is 2.41. The standard InChI is InChI=1S/C10H13BrN2/c11-8-3-4-13-10(6-8)9(12)5-7-1-2-7/h3-4,6-7,9H,1-2,5,12H2. The summed E-state index contributed by atoms with van der Waals surface area (Å²) in [7, 11) is 0. The van der Waals surface area contributed by atoms with Gasteiger partial charge in [0.05, 0.1) is 5.69 Å². The fraction of sp³-hybridized carbons (Fsp3) is 0.500. The molecule has 3 heteroatoms. The second kappa shape index (κ2) is 3.76. The molecule has 1 aromatic rings. The van der Waals surface area contributed by atoms with Crippen LogP contribution < -0.4 is 5.73 Å². The zero-order valence-corrected chi connectivity index (χ0v) is 9.00. The summed E-state index contributed by atoms with van der Waals surface area (Å²) in [6.07, 6.45) is 5.58. The summed E-state index contributed by atoms with van der Waals surface area (Å²) in [6, 6.07) is 4.05. The zero-order valence-electron chi connectivity index (χ0n) is 7.41. The van der Waals surface area contributed by atoms with Crippen molar-refractivity contribution in [2.45, 2.75) is 25.3 Å². The van der Waals surface area contributed by atoms with E-state index in [1.54, 1.807) is 6.20 Å². The quantitative estimate of drug-likeness (QED) is 0.883. The summed E-state index contributed by atoms with van der Waals surface area (Å²) >= 11 is 3.42. The molecule has 1 aliphatic rings. The van der Waals surface area contributed by atoms with Gasteiger partial charge < -0.3 is 5.73 Å². The van der Waals surface area contributed by atoms with Gasteiger partial charge in [-0.25, -0.2) is 0 Å². The maximum absolute atomic E-state index is 6.02. The number of pyridine rings is 1. The molecule has 0 radical (unpaired) electrons. The molecule has 1 unspecified atom stereocenters. The minimum atomic E-state index is 0.116. The molecule has 2 rings (SSSR count). The second-order valence-electron chi connectivity index (χ2n) is 3.68. The Morgan fingerprint density at radius 1 is 1.62 bits per heavy atom. The molecule has 1 atom stereocenters. The molecule has 0 saturated heterocycles. The number of nitrogens with zero attached hydrogens (tertiary/aromatic N) is 1. The van der Waals surface area contributed by atoms with E-state index in [4.69, 9.17) is 5.73 Å². The van der Waals surface area contributed by atoms with E-state index in [1.165, 1.54) is 12.8 Å². The van der Waals surface area contributed by atoms with Crippen LogP contribution in [0.3, 0.4) is 0 Å². The number of rotatable bonds is 3. The first-order valence-corrected chi connectivity index (χ1v) is 5.42. The molecule has 0 aromatic carbocycles. The SMILES string of the molecule is NC(CC1CC1)c1cc(Br)ccn1. The van der Waals surface area contributed by atoms with Gasteiger partial charge in [0.25, 0.3) is 0 Å². The predicted octanol–water partition coefficient (Wildman–Crippen LogP) is 2.64. The summed E-state index contributed by atoms with van der Waals surface area (Å²) < 4.78 is 1.06. The summed E-state index contributed by atoms with van der Waals surface area (Å²) in [4.78, 5) is 4.27. The normalized spacial score (nSPS) is 18.6. The molecule has 1 aromatic heterocycles. The highest BCUT2D eigenvalue weighted by Crippen LogP contribution is 2.36. The van der Waals surface area contributed by atoms with Crippen molar-refractivity contribution in [2.24, 2.45) is 11.7 Å². The van der Waals surface area contributed by atoms with Gasteiger partial charge in [0, 0.05) is 16.7 Å². The van der Waals surface area contributed by atoms with E-state index < -0.39 is 0 Å². The molecule has 1 heterocycles. The highest BCUT2D eigenvalue weighted by Gasteiger charge is 2.24. The fourth-order valence-electron chi connectivity index (χ4n) is 1.46. The number of nitrogens with two attached hydrogens (primary N) is 1. The molecule has 2 N–H and O–H groups in total. The lowest BCUT2D eigenvalue weighted by molar-refractivity contribution is 0.583. The molecular weight excluding hydrogens is 228 g/mol. The van der Waals surface area contributed by atoms with Gasteiger partial charge in [-0.15, -0.1) is 0 Å². The molecule has 2 nitrogen and oxygen atoms in total. The van der Waals surface area contributed by atoms with Gasteiger partial charge in [0.15, 0.2) is 0 Å². The van der Waals surface area contributed by atoms with Crippen LogP contribution in [0.1, 0.15) is 31.0 Å². The average Bonchev–Trinajstić information content (AvgIpc) is 2.88. The Morgan fingerprint density at radius 2 is 2.38 bits per heavy atom. The van der Waals surface area contributed by atoms with Crippen LogP contribution in [0.2, 0.25) is 0 Å². The minimum absolute atomic E-state index is 0.116. The van der Waals surface area contributed by atoms with E-state index in [1.807, 2.05) is 12.1 Å². The Hall–Kier alpha value is -0.410. The molecule has 0 bridgehead atoms. The number of aromatic nitrogens is 1. The molecule has 1 saturated carbocycles. The first kappa shape index (κ1) is 9.16. The van der Waals surface area contributed by atoms with E-state index in [0.717, 1.165) is 22.5 Å². The van der Waals surface area contributed by atoms with Crippen LogP contribution in [0.4, 0.5) is 0 Å². The monoisotopic (exact) mass is 240 g/mol. The molecule has 1 aliphatic carbocycles. The van der Waals surface area contributed by atoms with E-state index >= 15 is 0 Å². The Balaban J connectivity index is 2.04. The maximum atomic E-state index is 6.02. The van der Waals surface area contributed by atoms with Crippen molar-refractivity contribution in [3.8, 4) is 0 Å². The Bertz CT molecular complexity index is 297. The van der Waals surface area contributed by atoms with Crippen LogP contribution in [0, 0.1) is 5.92 Å². The van der Waals surface area contributed by atoms with Crippen molar-refractivity contribution < 1.29 is 0 Å². The van der Waals surface area contributed by atoms with Gasteiger partial charge >= 0.3 is 0 Å². The topological polar surface area (TPSA) is 38.9 Å². The summed E-state index contributed by atoms with van der Waals surface area (Å²) in [6.45, 7) is 0. The number of halogens is 1. The van der Waals surface area contributed by atoms with E-state index in [9.17, 15) is 0 Å². The minimum Gasteiger partial charge on any atom is -0.323 e. The van der Waals surface area contributed by atoms with Crippen LogP contribution in [0.5, 0.6) is 0 Å². The summed E-state index contributed by atoms with van der Waals surface area (Å²) in [5.41, 5.74) is 7.02. The summed E-state index contributed by atoms with van der Waals surface area (Å²) in [5, 5.41) is 0. The van der Waals surface area contributed by atoms with Crippen LogP contribution in [0.15, 0.2) is 22.8 Å². The lowest BCUT2D eigenvalue weighted by Crippen LogP contribution is -2.12. The molecule has 13 heavy (non-hydrogen) atoms. The molecule has 70 valence electrons. The van der Waals surface area contributed by atoms with Gasteiger partial charge in [-0.3, -0.25) is 4.98 Å². The van der Waals surface area contributed by atoms with E-state index in [-0.39, 0.29) is 6.04 Å². The molecular formula is C10H13BrN2. The van der Waals surface area contributed by atoms with Crippen molar-refractivity contribution in [1.29, 1.82) is 0 Å². The Morgan fingerprint density at radius 3 is 3.00 bits per heavy atom. The lowest BCUT2D eigenvalue weighted by Gasteiger charge is -2.09. The first-order chi connectivity index (χ1) is 6.25. The van der Waals surface area contributed by atoms with Crippen LogP contribution >= 0.6 is 15.9 Å². The van der Waals surface area contributed by atoms with E-state index in [0.29, 0.717) is 0 Å². The molecule has 0 amide bonds. The Labute approximate surface area is 86.7 Å². The summed E-state index contributed by atoms with van der Waals surface area (Å²) in [5.74, 6) is 0.857. The third-order valence-corrected chi connectivity index (χ3v) is 2.90. The fourth-order valence-corrected chi connectivity index (χ4v) is 1.81. The zero-order chi connectivity index (χ0) is 9.26. The Kier molecular flexibility index (Phi) is 2.65. The molecule has 1 fully saturated rings. The maximum Gasteiger partial charge on any atom is 0.0582 e. The van der Waals surface area contributed by atoms with Crippen molar-refractivity contribution in [3.05, 3.63) is 28.5 Å². The van der Waals surface area contributed by atoms with Crippen LogP contribution in [-0.2, 0) is 0 Å². The van der Waals surface area contributed by atoms with Gasteiger partial charge in [-0.2, -0.15) is 0 Å². The second-order valence-corrected chi connectivity index (χ2v) is 4.60.